The van der Waals surface area contributed by atoms with Crippen LogP contribution in [0.25, 0.3) is 0 Å². The molecule has 3 heteroatoms. The number of nitrogens with one attached hydrogen (secondary N) is 1. The van der Waals surface area contributed by atoms with Crippen molar-refractivity contribution in [3.05, 3.63) is 22.4 Å². The normalized spacial score (nSPS) is 13.9. The molecule has 1 aromatic rings. The highest BCUT2D eigenvalue weighted by Gasteiger charge is 2.26. The van der Waals surface area contributed by atoms with Gasteiger partial charge in [-0.25, -0.2) is 0 Å². The van der Waals surface area contributed by atoms with Gasteiger partial charge < -0.3 is 5.32 Å². The van der Waals surface area contributed by atoms with Gasteiger partial charge in [-0.05, 0) is 17.4 Å². The molecule has 90 valence electrons. The van der Waals surface area contributed by atoms with Crippen LogP contribution in [-0.2, 0) is 4.79 Å². The summed E-state index contributed by atoms with van der Waals surface area (Å²) in [5, 5.41) is 5.18. The Morgan fingerprint density at radius 3 is 2.38 bits per heavy atom. The summed E-state index contributed by atoms with van der Waals surface area (Å²) in [5.41, 5.74) is -0.329. The highest BCUT2D eigenvalue weighted by atomic mass is 32.1. The van der Waals surface area contributed by atoms with Gasteiger partial charge in [0.25, 0.3) is 0 Å². The molecule has 1 atom stereocenters. The van der Waals surface area contributed by atoms with Gasteiger partial charge in [-0.2, -0.15) is 0 Å². The summed E-state index contributed by atoms with van der Waals surface area (Å²) in [6.45, 7) is 10.1. The van der Waals surface area contributed by atoms with Crippen molar-refractivity contribution in [1.29, 1.82) is 0 Å². The van der Waals surface area contributed by atoms with Crippen LogP contribution < -0.4 is 5.32 Å². The minimum atomic E-state index is -0.329. The third kappa shape index (κ3) is 3.34. The third-order valence-electron chi connectivity index (χ3n) is 2.48. The number of thiophene rings is 1. The molecule has 1 rings (SSSR count). The lowest BCUT2D eigenvalue weighted by molar-refractivity contribution is -0.129. The quantitative estimate of drug-likeness (QED) is 0.857. The molecule has 1 aromatic heterocycles. The fraction of sp³-hybridized carbons (Fsp3) is 0.615. The molecule has 1 heterocycles. The topological polar surface area (TPSA) is 29.1 Å². The highest BCUT2D eigenvalue weighted by molar-refractivity contribution is 7.10. The van der Waals surface area contributed by atoms with Crippen LogP contribution in [0, 0.1) is 11.3 Å². The van der Waals surface area contributed by atoms with Gasteiger partial charge in [0.1, 0.15) is 0 Å². The van der Waals surface area contributed by atoms with E-state index in [2.05, 4.69) is 25.2 Å². The van der Waals surface area contributed by atoms with Gasteiger partial charge in [0, 0.05) is 10.3 Å². The van der Waals surface area contributed by atoms with Gasteiger partial charge in [0.15, 0.2) is 0 Å². The van der Waals surface area contributed by atoms with Gasteiger partial charge in [0.05, 0.1) is 6.04 Å². The molecule has 0 spiro atoms. The van der Waals surface area contributed by atoms with Crippen molar-refractivity contribution < 1.29 is 4.79 Å². The van der Waals surface area contributed by atoms with E-state index in [0.29, 0.717) is 5.92 Å². The molecule has 0 aromatic carbocycles. The van der Waals surface area contributed by atoms with Gasteiger partial charge in [0.2, 0.25) is 5.91 Å². The van der Waals surface area contributed by atoms with Gasteiger partial charge in [-0.15, -0.1) is 11.3 Å². The first-order valence-corrected chi connectivity index (χ1v) is 6.54. The van der Waals surface area contributed by atoms with Crippen LogP contribution in [0.15, 0.2) is 17.5 Å². The maximum Gasteiger partial charge on any atom is 0.225 e. The maximum atomic E-state index is 12.0. The van der Waals surface area contributed by atoms with E-state index < -0.39 is 0 Å². The van der Waals surface area contributed by atoms with Gasteiger partial charge >= 0.3 is 0 Å². The van der Waals surface area contributed by atoms with Crippen LogP contribution in [-0.4, -0.2) is 5.91 Å². The van der Waals surface area contributed by atoms with E-state index in [-0.39, 0.29) is 17.4 Å². The Hall–Kier alpha value is -0.830. The Balaban J connectivity index is 2.78. The Kier molecular flexibility index (Phi) is 4.14. The van der Waals surface area contributed by atoms with Crippen molar-refractivity contribution in [2.24, 2.45) is 11.3 Å². The molecule has 0 aliphatic rings. The predicted molar refractivity (Wildman–Crippen MR) is 69.5 cm³/mol. The van der Waals surface area contributed by atoms with Crippen molar-refractivity contribution in [1.82, 2.24) is 5.32 Å². The first-order chi connectivity index (χ1) is 7.32. The Bertz CT molecular complexity index is 335. The van der Waals surface area contributed by atoms with E-state index in [9.17, 15) is 4.79 Å². The average Bonchev–Trinajstić information content (AvgIpc) is 2.63. The van der Waals surface area contributed by atoms with Crippen molar-refractivity contribution in [2.75, 3.05) is 0 Å². The zero-order valence-electron chi connectivity index (χ0n) is 10.7. The lowest BCUT2D eigenvalue weighted by Crippen LogP contribution is -2.38. The lowest BCUT2D eigenvalue weighted by Gasteiger charge is -2.26. The number of rotatable bonds is 3. The maximum absolute atomic E-state index is 12.0. The van der Waals surface area contributed by atoms with E-state index in [1.54, 1.807) is 11.3 Å². The average molecular weight is 239 g/mol. The van der Waals surface area contributed by atoms with Crippen molar-refractivity contribution in [2.45, 2.75) is 40.7 Å². The Labute approximate surface area is 102 Å². The summed E-state index contributed by atoms with van der Waals surface area (Å²) >= 11 is 1.70. The third-order valence-corrected chi connectivity index (χ3v) is 3.44. The van der Waals surface area contributed by atoms with E-state index in [4.69, 9.17) is 0 Å². The first kappa shape index (κ1) is 13.2. The molecular formula is C13H21NOS. The molecule has 0 aliphatic carbocycles. The summed E-state index contributed by atoms with van der Waals surface area (Å²) in [6, 6.07) is 4.24. The minimum Gasteiger partial charge on any atom is -0.348 e. The second-order valence-electron chi connectivity index (χ2n) is 5.46. The monoisotopic (exact) mass is 239 g/mol. The number of hydrogen-bond donors (Lipinski definition) is 1. The summed E-state index contributed by atoms with van der Waals surface area (Å²) < 4.78 is 0. The van der Waals surface area contributed by atoms with E-state index in [1.165, 1.54) is 4.88 Å². The van der Waals surface area contributed by atoms with Crippen molar-refractivity contribution in [3.8, 4) is 0 Å². The molecule has 0 saturated heterocycles. The molecule has 2 nitrogen and oxygen atoms in total. The number of carbonyl (C=O) groups is 1. The second-order valence-corrected chi connectivity index (χ2v) is 6.44. The van der Waals surface area contributed by atoms with Crippen molar-refractivity contribution >= 4 is 17.2 Å². The largest absolute Gasteiger partial charge is 0.348 e. The summed E-state index contributed by atoms with van der Waals surface area (Å²) in [4.78, 5) is 13.2. The second kappa shape index (κ2) is 5.00. The van der Waals surface area contributed by atoms with E-state index in [0.717, 1.165) is 0 Å². The van der Waals surface area contributed by atoms with Crippen LogP contribution >= 0.6 is 11.3 Å². The number of carbonyl (C=O) groups excluding carboxylic acids is 1. The van der Waals surface area contributed by atoms with Crippen LogP contribution in [0.1, 0.15) is 45.5 Å². The molecule has 0 aliphatic heterocycles. The number of hydrogen-bond acceptors (Lipinski definition) is 2. The summed E-state index contributed by atoms with van der Waals surface area (Å²) in [5.74, 6) is 0.518. The van der Waals surface area contributed by atoms with E-state index in [1.807, 2.05) is 32.2 Å². The Morgan fingerprint density at radius 1 is 1.38 bits per heavy atom. The molecular weight excluding hydrogens is 218 g/mol. The zero-order chi connectivity index (χ0) is 12.3. The minimum absolute atomic E-state index is 0.111. The molecule has 0 fully saturated rings. The molecule has 16 heavy (non-hydrogen) atoms. The molecule has 0 bridgehead atoms. The smallest absolute Gasteiger partial charge is 0.225 e. The SMILES string of the molecule is CC(C)C(NC(=O)C(C)(C)C)c1cccs1. The number of amides is 1. The lowest BCUT2D eigenvalue weighted by atomic mass is 9.93. The fourth-order valence-corrected chi connectivity index (χ4v) is 2.34. The van der Waals surface area contributed by atoms with Crippen LogP contribution in [0.3, 0.4) is 0 Å². The Morgan fingerprint density at radius 2 is 2.00 bits per heavy atom. The van der Waals surface area contributed by atoms with Gasteiger partial charge in [-0.3, -0.25) is 4.79 Å². The van der Waals surface area contributed by atoms with E-state index >= 15 is 0 Å². The zero-order valence-corrected chi connectivity index (χ0v) is 11.5. The first-order valence-electron chi connectivity index (χ1n) is 5.66. The van der Waals surface area contributed by atoms with Crippen LogP contribution in [0.2, 0.25) is 0 Å². The summed E-state index contributed by atoms with van der Waals surface area (Å²) in [6.07, 6.45) is 0. The fourth-order valence-electron chi connectivity index (χ4n) is 1.39. The molecule has 1 amide bonds. The van der Waals surface area contributed by atoms with Gasteiger partial charge in [-0.1, -0.05) is 40.7 Å². The summed E-state index contributed by atoms with van der Waals surface area (Å²) in [7, 11) is 0. The van der Waals surface area contributed by atoms with Crippen LogP contribution in [0.4, 0.5) is 0 Å². The molecule has 1 unspecified atom stereocenters. The standard InChI is InChI=1S/C13H21NOS/c1-9(2)11(10-7-6-8-16-10)14-12(15)13(3,4)5/h6-9,11H,1-5H3,(H,14,15). The molecule has 0 saturated carbocycles. The predicted octanol–water partition coefficient (Wildman–Crippen LogP) is 3.61. The molecule has 1 N–H and O–H groups in total. The van der Waals surface area contributed by atoms with Crippen molar-refractivity contribution in [3.63, 3.8) is 0 Å². The molecule has 0 radical (unpaired) electrons. The highest BCUT2D eigenvalue weighted by Crippen LogP contribution is 2.27. The van der Waals surface area contributed by atoms with Crippen LogP contribution in [0.5, 0.6) is 0 Å².